The summed E-state index contributed by atoms with van der Waals surface area (Å²) >= 11 is 0. The normalized spacial score (nSPS) is 9.60. The van der Waals surface area contributed by atoms with Crippen LogP contribution in [0, 0.1) is 12.3 Å². The molecule has 3 nitrogen and oxygen atoms in total. The van der Waals surface area contributed by atoms with Crippen LogP contribution >= 0.6 is 0 Å². The number of aromatic nitrogens is 1. The maximum Gasteiger partial charge on any atom is 0.223 e. The highest BCUT2D eigenvalue weighted by atomic mass is 16.5. The molecule has 15 heavy (non-hydrogen) atoms. The molecule has 0 spiro atoms. The number of rotatable bonds is 5. The van der Waals surface area contributed by atoms with Crippen LogP contribution in [0.15, 0.2) is 17.1 Å². The molecule has 0 amide bonds. The third kappa shape index (κ3) is 3.51. The van der Waals surface area contributed by atoms with Crippen molar-refractivity contribution in [3.8, 4) is 18.1 Å². The summed E-state index contributed by atoms with van der Waals surface area (Å²) in [6, 6.07) is 1.54. The maximum atomic E-state index is 11.5. The average molecular weight is 205 g/mol. The van der Waals surface area contributed by atoms with Gasteiger partial charge in [-0.3, -0.25) is 4.79 Å². The zero-order valence-electron chi connectivity index (χ0n) is 8.88. The van der Waals surface area contributed by atoms with Gasteiger partial charge < -0.3 is 9.72 Å². The van der Waals surface area contributed by atoms with Crippen LogP contribution in [0.4, 0.5) is 0 Å². The number of terminal acetylenes is 1. The molecule has 1 heterocycles. The van der Waals surface area contributed by atoms with Crippen LogP contribution in [0.5, 0.6) is 5.75 Å². The molecule has 3 heteroatoms. The zero-order chi connectivity index (χ0) is 11.1. The molecule has 0 fully saturated rings. The van der Waals surface area contributed by atoms with Crippen molar-refractivity contribution in [2.75, 3.05) is 6.61 Å². The fraction of sp³-hybridized carbons (Fsp3) is 0.417. The number of hydrogen-bond acceptors (Lipinski definition) is 2. The monoisotopic (exact) mass is 205 g/mol. The van der Waals surface area contributed by atoms with Crippen LogP contribution in [-0.2, 0) is 6.42 Å². The van der Waals surface area contributed by atoms with Gasteiger partial charge in [-0.15, -0.1) is 12.3 Å². The molecule has 80 valence electrons. The quantitative estimate of drug-likeness (QED) is 0.744. The number of H-pyrrole nitrogens is 1. The molecule has 0 aliphatic carbocycles. The molecule has 0 aliphatic rings. The first-order valence-corrected chi connectivity index (χ1v) is 5.05. The molecule has 0 atom stereocenters. The molecule has 0 unspecified atom stereocenters. The third-order valence-electron chi connectivity index (χ3n) is 1.94. The van der Waals surface area contributed by atoms with Gasteiger partial charge in [0.15, 0.2) is 5.75 Å². The van der Waals surface area contributed by atoms with Crippen molar-refractivity contribution < 1.29 is 4.74 Å². The number of aryl methyl sites for hydroxylation is 1. The number of aromatic amines is 1. The summed E-state index contributed by atoms with van der Waals surface area (Å²) in [4.78, 5) is 14.5. The average Bonchev–Trinajstić information content (AvgIpc) is 2.25. The first-order valence-electron chi connectivity index (χ1n) is 5.05. The smallest absolute Gasteiger partial charge is 0.223 e. The van der Waals surface area contributed by atoms with E-state index in [1.54, 1.807) is 12.3 Å². The summed E-state index contributed by atoms with van der Waals surface area (Å²) in [5.41, 5.74) is 0.760. The SMILES string of the molecule is C#CCCc1cc(=O)c(OCCC)c[nH]1. The predicted octanol–water partition coefficient (Wildman–Crippen LogP) is 1.73. The molecular formula is C12H15NO2. The minimum Gasteiger partial charge on any atom is -0.488 e. The van der Waals surface area contributed by atoms with E-state index in [-0.39, 0.29) is 5.43 Å². The van der Waals surface area contributed by atoms with Gasteiger partial charge in [0.1, 0.15) is 0 Å². The van der Waals surface area contributed by atoms with E-state index in [1.165, 1.54) is 0 Å². The topological polar surface area (TPSA) is 42.1 Å². The van der Waals surface area contributed by atoms with E-state index < -0.39 is 0 Å². The summed E-state index contributed by atoms with van der Waals surface area (Å²) in [5.74, 6) is 2.91. The summed E-state index contributed by atoms with van der Waals surface area (Å²) in [5, 5.41) is 0. The molecule has 1 aromatic heterocycles. The largest absolute Gasteiger partial charge is 0.488 e. The van der Waals surface area contributed by atoms with Crippen molar-refractivity contribution in [1.82, 2.24) is 4.98 Å². The van der Waals surface area contributed by atoms with E-state index in [0.29, 0.717) is 25.2 Å². The van der Waals surface area contributed by atoms with Gasteiger partial charge in [-0.25, -0.2) is 0 Å². The standard InChI is InChI=1S/C12H15NO2/c1-3-5-6-10-8-11(14)12(9-13-10)15-7-4-2/h1,8-9H,4-7H2,2H3,(H,13,14). The summed E-state index contributed by atoms with van der Waals surface area (Å²) in [6.45, 7) is 2.56. The van der Waals surface area contributed by atoms with Crippen LogP contribution < -0.4 is 10.2 Å². The van der Waals surface area contributed by atoms with E-state index in [4.69, 9.17) is 11.2 Å². The summed E-state index contributed by atoms with van der Waals surface area (Å²) in [7, 11) is 0. The highest BCUT2D eigenvalue weighted by molar-refractivity contribution is 5.20. The molecular weight excluding hydrogens is 190 g/mol. The highest BCUT2D eigenvalue weighted by Gasteiger charge is 2.01. The van der Waals surface area contributed by atoms with Crippen LogP contribution in [0.1, 0.15) is 25.5 Å². The summed E-state index contributed by atoms with van der Waals surface area (Å²) in [6.07, 6.45) is 8.96. The van der Waals surface area contributed by atoms with Crippen LogP contribution in [0.2, 0.25) is 0 Å². The Labute approximate surface area is 89.5 Å². The van der Waals surface area contributed by atoms with Gasteiger partial charge in [0.2, 0.25) is 5.43 Å². The second-order valence-corrected chi connectivity index (χ2v) is 3.24. The van der Waals surface area contributed by atoms with Gasteiger partial charge in [0.05, 0.1) is 6.61 Å². The molecule has 1 aromatic rings. The molecule has 1 N–H and O–H groups in total. The number of nitrogens with one attached hydrogen (secondary N) is 1. The van der Waals surface area contributed by atoms with E-state index in [0.717, 1.165) is 12.1 Å². The Balaban J connectivity index is 2.71. The van der Waals surface area contributed by atoms with Gasteiger partial charge in [-0.05, 0) is 12.8 Å². The Kier molecular flexibility index (Phi) is 4.49. The first-order chi connectivity index (χ1) is 7.27. The van der Waals surface area contributed by atoms with E-state index in [9.17, 15) is 4.79 Å². The first kappa shape index (κ1) is 11.4. The van der Waals surface area contributed by atoms with Crippen molar-refractivity contribution in [2.45, 2.75) is 26.2 Å². The second-order valence-electron chi connectivity index (χ2n) is 3.24. The van der Waals surface area contributed by atoms with Crippen molar-refractivity contribution in [1.29, 1.82) is 0 Å². The van der Waals surface area contributed by atoms with Crippen molar-refractivity contribution in [3.05, 3.63) is 28.2 Å². The Morgan fingerprint density at radius 3 is 3.00 bits per heavy atom. The van der Waals surface area contributed by atoms with Gasteiger partial charge in [0.25, 0.3) is 0 Å². The molecule has 0 saturated heterocycles. The Morgan fingerprint density at radius 2 is 2.40 bits per heavy atom. The fourth-order valence-corrected chi connectivity index (χ4v) is 1.18. The highest BCUT2D eigenvalue weighted by Crippen LogP contribution is 2.03. The Bertz CT molecular complexity index is 401. The van der Waals surface area contributed by atoms with Gasteiger partial charge in [-0.2, -0.15) is 0 Å². The second kappa shape index (κ2) is 5.92. The lowest BCUT2D eigenvalue weighted by Gasteiger charge is -2.04. The van der Waals surface area contributed by atoms with Gasteiger partial charge in [-0.1, -0.05) is 6.92 Å². The fourth-order valence-electron chi connectivity index (χ4n) is 1.18. The Morgan fingerprint density at radius 1 is 1.60 bits per heavy atom. The number of hydrogen-bond donors (Lipinski definition) is 1. The van der Waals surface area contributed by atoms with Crippen LogP contribution in [0.3, 0.4) is 0 Å². The van der Waals surface area contributed by atoms with Crippen molar-refractivity contribution >= 4 is 0 Å². The predicted molar refractivity (Wildman–Crippen MR) is 60.0 cm³/mol. The lowest BCUT2D eigenvalue weighted by Crippen LogP contribution is -2.10. The summed E-state index contributed by atoms with van der Waals surface area (Å²) < 4.78 is 5.26. The number of pyridine rings is 1. The van der Waals surface area contributed by atoms with E-state index in [1.807, 2.05) is 6.92 Å². The van der Waals surface area contributed by atoms with E-state index >= 15 is 0 Å². The maximum absolute atomic E-state index is 11.5. The molecule has 0 bridgehead atoms. The molecule has 0 radical (unpaired) electrons. The van der Waals surface area contributed by atoms with Gasteiger partial charge >= 0.3 is 0 Å². The molecule has 0 saturated carbocycles. The van der Waals surface area contributed by atoms with E-state index in [2.05, 4.69) is 10.9 Å². The third-order valence-corrected chi connectivity index (χ3v) is 1.94. The van der Waals surface area contributed by atoms with Crippen molar-refractivity contribution in [2.24, 2.45) is 0 Å². The van der Waals surface area contributed by atoms with Crippen LogP contribution in [-0.4, -0.2) is 11.6 Å². The number of ether oxygens (including phenoxy) is 1. The molecule has 0 aliphatic heterocycles. The lowest BCUT2D eigenvalue weighted by atomic mass is 10.2. The van der Waals surface area contributed by atoms with Gasteiger partial charge in [0, 0.05) is 24.4 Å². The lowest BCUT2D eigenvalue weighted by molar-refractivity contribution is 0.313. The van der Waals surface area contributed by atoms with Crippen molar-refractivity contribution in [3.63, 3.8) is 0 Å². The Hall–Kier alpha value is -1.69. The molecule has 1 rings (SSSR count). The van der Waals surface area contributed by atoms with Crippen LogP contribution in [0.25, 0.3) is 0 Å². The minimum absolute atomic E-state index is 0.0887. The molecule has 0 aromatic carbocycles. The zero-order valence-corrected chi connectivity index (χ0v) is 8.88. The minimum atomic E-state index is -0.0887.